The quantitative estimate of drug-likeness (QED) is 0.685. The van der Waals surface area contributed by atoms with Crippen LogP contribution in [0, 0.1) is 13.8 Å². The molecule has 1 fully saturated rings. The highest BCUT2D eigenvalue weighted by Gasteiger charge is 2.28. The summed E-state index contributed by atoms with van der Waals surface area (Å²) in [5, 5.41) is 2.79. The number of pyridine rings is 1. The molecule has 31 heavy (non-hydrogen) atoms. The molecule has 168 valence electrons. The minimum absolute atomic E-state index is 0.0339. The van der Waals surface area contributed by atoms with E-state index in [0.29, 0.717) is 18.9 Å². The first-order chi connectivity index (χ1) is 14.8. The van der Waals surface area contributed by atoms with Crippen molar-refractivity contribution in [3.63, 3.8) is 0 Å². The number of methoxy groups -OCH3 is 2. The second kappa shape index (κ2) is 9.63. The summed E-state index contributed by atoms with van der Waals surface area (Å²) in [5.41, 5.74) is 2.52. The largest absolute Gasteiger partial charge is 0.496 e. The number of rotatable bonds is 7. The number of amides is 1. The molecule has 0 radical (unpaired) electrons. The lowest BCUT2D eigenvalue weighted by atomic mass is 10.1. The van der Waals surface area contributed by atoms with Gasteiger partial charge in [0.05, 0.1) is 50.1 Å². The van der Waals surface area contributed by atoms with Crippen LogP contribution < -0.4 is 14.8 Å². The number of benzene rings is 1. The number of nitrogens with zero attached hydrogens (tertiary/aromatic N) is 2. The first-order valence-electron chi connectivity index (χ1n) is 9.82. The summed E-state index contributed by atoms with van der Waals surface area (Å²) in [5.74, 6) is 0.539. The van der Waals surface area contributed by atoms with Crippen LogP contribution in [0.15, 0.2) is 29.3 Å². The van der Waals surface area contributed by atoms with Crippen molar-refractivity contribution in [1.82, 2.24) is 14.6 Å². The molecule has 0 bridgehead atoms. The van der Waals surface area contributed by atoms with Crippen LogP contribution in [0.25, 0.3) is 0 Å². The molecular formula is C21H27N3O6S. The highest BCUT2D eigenvalue weighted by molar-refractivity contribution is 7.89. The van der Waals surface area contributed by atoms with E-state index in [2.05, 4.69) is 10.3 Å². The zero-order chi connectivity index (χ0) is 22.6. The molecule has 1 aromatic carbocycles. The summed E-state index contributed by atoms with van der Waals surface area (Å²) in [6.45, 7) is 5.16. The van der Waals surface area contributed by atoms with Crippen LogP contribution in [0.4, 0.5) is 0 Å². The summed E-state index contributed by atoms with van der Waals surface area (Å²) in [6, 6.07) is 4.27. The van der Waals surface area contributed by atoms with Crippen molar-refractivity contribution in [1.29, 1.82) is 0 Å². The second-order valence-electron chi connectivity index (χ2n) is 7.11. The van der Waals surface area contributed by atoms with Crippen molar-refractivity contribution in [2.45, 2.75) is 25.3 Å². The van der Waals surface area contributed by atoms with E-state index in [1.165, 1.54) is 29.6 Å². The third-order valence-corrected chi connectivity index (χ3v) is 7.08. The van der Waals surface area contributed by atoms with Gasteiger partial charge in [-0.2, -0.15) is 4.31 Å². The molecule has 1 amide bonds. The minimum Gasteiger partial charge on any atom is -0.496 e. The number of carbonyl (C=O) groups excluding carboxylic acids is 1. The fourth-order valence-corrected chi connectivity index (χ4v) is 4.90. The van der Waals surface area contributed by atoms with Gasteiger partial charge in [0.15, 0.2) is 0 Å². The van der Waals surface area contributed by atoms with Gasteiger partial charge in [-0.1, -0.05) is 0 Å². The predicted molar refractivity (Wildman–Crippen MR) is 114 cm³/mol. The van der Waals surface area contributed by atoms with Crippen LogP contribution in [-0.4, -0.2) is 64.1 Å². The van der Waals surface area contributed by atoms with Crippen molar-refractivity contribution < 1.29 is 27.4 Å². The molecule has 1 saturated heterocycles. The molecule has 0 unspecified atom stereocenters. The van der Waals surface area contributed by atoms with Crippen molar-refractivity contribution >= 4 is 15.9 Å². The summed E-state index contributed by atoms with van der Waals surface area (Å²) in [4.78, 5) is 17.3. The molecule has 2 heterocycles. The molecule has 0 saturated carbocycles. The lowest BCUT2D eigenvalue weighted by molar-refractivity contribution is 0.0730. The van der Waals surface area contributed by atoms with Gasteiger partial charge in [-0.05, 0) is 32.0 Å². The summed E-state index contributed by atoms with van der Waals surface area (Å²) in [7, 11) is -0.726. The van der Waals surface area contributed by atoms with Crippen LogP contribution in [0.3, 0.4) is 0 Å². The molecule has 1 aromatic heterocycles. The normalized spacial score (nSPS) is 14.8. The number of ether oxygens (including phenoxy) is 3. The topological polar surface area (TPSA) is 107 Å². The fraction of sp³-hybridized carbons (Fsp3) is 0.429. The molecule has 1 aliphatic heterocycles. The van der Waals surface area contributed by atoms with Gasteiger partial charge in [0, 0.05) is 30.4 Å². The molecule has 9 nitrogen and oxygen atoms in total. The van der Waals surface area contributed by atoms with E-state index < -0.39 is 15.9 Å². The van der Waals surface area contributed by atoms with Gasteiger partial charge >= 0.3 is 0 Å². The Morgan fingerprint density at radius 3 is 2.55 bits per heavy atom. The molecule has 2 aromatic rings. The minimum atomic E-state index is -3.74. The molecule has 1 aliphatic rings. The summed E-state index contributed by atoms with van der Waals surface area (Å²) < 4.78 is 43.2. The van der Waals surface area contributed by atoms with E-state index in [-0.39, 0.29) is 35.8 Å². The van der Waals surface area contributed by atoms with Crippen LogP contribution in [0.5, 0.6) is 11.5 Å². The van der Waals surface area contributed by atoms with E-state index in [1.54, 1.807) is 13.3 Å². The Kier molecular flexibility index (Phi) is 7.14. The Hall–Kier alpha value is -2.69. The molecule has 3 rings (SSSR count). The van der Waals surface area contributed by atoms with Gasteiger partial charge < -0.3 is 19.5 Å². The monoisotopic (exact) mass is 449 g/mol. The van der Waals surface area contributed by atoms with Gasteiger partial charge in [-0.15, -0.1) is 0 Å². The van der Waals surface area contributed by atoms with E-state index in [1.807, 2.05) is 13.8 Å². The highest BCUT2D eigenvalue weighted by atomic mass is 32.2. The molecule has 1 N–H and O–H groups in total. The van der Waals surface area contributed by atoms with E-state index in [9.17, 15) is 13.2 Å². The SMILES string of the molecule is COc1ccc(S(=O)(=O)N2CCOCC2)cc1C(=O)NCc1ncc(C)c(OC)c1C. The zero-order valence-corrected chi connectivity index (χ0v) is 18.9. The van der Waals surface area contributed by atoms with Crippen LogP contribution in [-0.2, 0) is 21.3 Å². The van der Waals surface area contributed by atoms with Crippen LogP contribution in [0.1, 0.15) is 27.2 Å². The Bertz CT molecular complexity index is 1070. The standard InChI is InChI=1S/C21H27N3O6S/c1-14-12-22-18(15(2)20(14)29-4)13-23-21(25)17-11-16(5-6-19(17)28-3)31(26,27)24-7-9-30-10-8-24/h5-6,11-12H,7-10,13H2,1-4H3,(H,23,25). The lowest BCUT2D eigenvalue weighted by Crippen LogP contribution is -2.40. The number of carbonyl (C=O) groups is 1. The third kappa shape index (κ3) is 4.81. The van der Waals surface area contributed by atoms with Crippen molar-refractivity contribution in [3.05, 3.63) is 46.8 Å². The van der Waals surface area contributed by atoms with Crippen LogP contribution >= 0.6 is 0 Å². The fourth-order valence-electron chi connectivity index (χ4n) is 3.47. The maximum absolute atomic E-state index is 13.0. The average molecular weight is 450 g/mol. The molecule has 0 atom stereocenters. The number of aryl methyl sites for hydroxylation is 1. The number of morpholine rings is 1. The van der Waals surface area contributed by atoms with Gasteiger partial charge in [0.25, 0.3) is 5.91 Å². The molecule has 10 heteroatoms. The predicted octanol–water partition coefficient (Wildman–Crippen LogP) is 1.67. The molecular weight excluding hydrogens is 422 g/mol. The first-order valence-corrected chi connectivity index (χ1v) is 11.3. The van der Waals surface area contributed by atoms with Crippen molar-refractivity contribution in [3.8, 4) is 11.5 Å². The zero-order valence-electron chi connectivity index (χ0n) is 18.1. The highest BCUT2D eigenvalue weighted by Crippen LogP contribution is 2.26. The molecule has 0 spiro atoms. The number of hydrogen-bond acceptors (Lipinski definition) is 7. The average Bonchev–Trinajstić information content (AvgIpc) is 2.78. The van der Waals surface area contributed by atoms with E-state index in [0.717, 1.165) is 16.9 Å². The van der Waals surface area contributed by atoms with Gasteiger partial charge in [0.1, 0.15) is 11.5 Å². The van der Waals surface area contributed by atoms with E-state index in [4.69, 9.17) is 14.2 Å². The number of hydrogen-bond donors (Lipinski definition) is 1. The summed E-state index contributed by atoms with van der Waals surface area (Å²) >= 11 is 0. The van der Waals surface area contributed by atoms with Gasteiger partial charge in [0.2, 0.25) is 10.0 Å². The van der Waals surface area contributed by atoms with Crippen molar-refractivity contribution in [2.24, 2.45) is 0 Å². The third-order valence-electron chi connectivity index (χ3n) is 5.19. The Morgan fingerprint density at radius 2 is 1.90 bits per heavy atom. The number of aromatic nitrogens is 1. The Balaban J connectivity index is 1.84. The Morgan fingerprint density at radius 1 is 1.19 bits per heavy atom. The smallest absolute Gasteiger partial charge is 0.255 e. The Labute approximate surface area is 182 Å². The maximum Gasteiger partial charge on any atom is 0.255 e. The second-order valence-corrected chi connectivity index (χ2v) is 9.05. The van der Waals surface area contributed by atoms with E-state index >= 15 is 0 Å². The van der Waals surface area contributed by atoms with Crippen molar-refractivity contribution in [2.75, 3.05) is 40.5 Å². The van der Waals surface area contributed by atoms with Gasteiger partial charge in [-0.3, -0.25) is 9.78 Å². The molecule has 0 aliphatic carbocycles. The maximum atomic E-state index is 13.0. The first kappa shape index (κ1) is 23.0. The number of nitrogens with one attached hydrogen (secondary N) is 1. The van der Waals surface area contributed by atoms with Gasteiger partial charge in [-0.25, -0.2) is 8.42 Å². The summed E-state index contributed by atoms with van der Waals surface area (Å²) in [6.07, 6.45) is 1.68. The lowest BCUT2D eigenvalue weighted by Gasteiger charge is -2.26. The van der Waals surface area contributed by atoms with Crippen LogP contribution in [0.2, 0.25) is 0 Å². The number of sulfonamides is 1.